The molecular formula is C16H20N2O. The molecule has 3 nitrogen and oxygen atoms in total. The predicted octanol–water partition coefficient (Wildman–Crippen LogP) is 3.38. The lowest BCUT2D eigenvalue weighted by atomic mass is 9.98. The molecule has 1 aromatic heterocycles. The third-order valence-corrected chi connectivity index (χ3v) is 3.29. The van der Waals surface area contributed by atoms with Crippen LogP contribution in [0.2, 0.25) is 0 Å². The second kappa shape index (κ2) is 5.39. The zero-order valence-corrected chi connectivity index (χ0v) is 11.9. The van der Waals surface area contributed by atoms with Gasteiger partial charge in [-0.05, 0) is 30.5 Å². The SMILES string of the molecule is CC(=O)N[C@H](c1cc(C)c2ccccc2n1)C(C)C. The van der Waals surface area contributed by atoms with E-state index >= 15 is 0 Å². The molecule has 0 unspecified atom stereocenters. The highest BCUT2D eigenvalue weighted by Crippen LogP contribution is 2.25. The normalized spacial score (nSPS) is 12.7. The van der Waals surface area contributed by atoms with Gasteiger partial charge in [0.05, 0.1) is 17.3 Å². The van der Waals surface area contributed by atoms with Gasteiger partial charge in [-0.1, -0.05) is 32.0 Å². The van der Waals surface area contributed by atoms with E-state index in [-0.39, 0.29) is 11.9 Å². The van der Waals surface area contributed by atoms with Gasteiger partial charge in [-0.15, -0.1) is 0 Å². The number of fused-ring (bicyclic) bond motifs is 1. The highest BCUT2D eigenvalue weighted by Gasteiger charge is 2.19. The van der Waals surface area contributed by atoms with E-state index < -0.39 is 0 Å². The molecule has 0 saturated carbocycles. The molecule has 1 amide bonds. The first kappa shape index (κ1) is 13.5. The van der Waals surface area contributed by atoms with Crippen LogP contribution in [0.3, 0.4) is 0 Å². The summed E-state index contributed by atoms with van der Waals surface area (Å²) in [6.45, 7) is 7.81. The molecule has 0 radical (unpaired) electrons. The third-order valence-electron chi connectivity index (χ3n) is 3.29. The lowest BCUT2D eigenvalue weighted by Gasteiger charge is -2.22. The first-order chi connectivity index (χ1) is 8.99. The van der Waals surface area contributed by atoms with Crippen molar-refractivity contribution in [1.29, 1.82) is 0 Å². The number of hydrogen-bond acceptors (Lipinski definition) is 2. The molecule has 3 heteroatoms. The maximum Gasteiger partial charge on any atom is 0.217 e. The summed E-state index contributed by atoms with van der Waals surface area (Å²) >= 11 is 0. The molecule has 2 aromatic rings. The highest BCUT2D eigenvalue weighted by atomic mass is 16.1. The van der Waals surface area contributed by atoms with Crippen LogP contribution in [0.5, 0.6) is 0 Å². The number of para-hydroxylation sites is 1. The topological polar surface area (TPSA) is 42.0 Å². The molecule has 1 atom stereocenters. The maximum absolute atomic E-state index is 11.3. The van der Waals surface area contributed by atoms with Gasteiger partial charge in [0, 0.05) is 12.3 Å². The Morgan fingerprint density at radius 1 is 1.26 bits per heavy atom. The van der Waals surface area contributed by atoms with E-state index in [1.165, 1.54) is 5.56 Å². The summed E-state index contributed by atoms with van der Waals surface area (Å²) < 4.78 is 0. The number of hydrogen-bond donors (Lipinski definition) is 1. The Hall–Kier alpha value is -1.90. The Bertz CT molecular complexity index is 605. The summed E-state index contributed by atoms with van der Waals surface area (Å²) in [4.78, 5) is 16.0. The van der Waals surface area contributed by atoms with Crippen LogP contribution in [0.25, 0.3) is 10.9 Å². The van der Waals surface area contributed by atoms with Crippen LogP contribution < -0.4 is 5.32 Å². The number of amides is 1. The van der Waals surface area contributed by atoms with E-state index in [1.54, 1.807) is 6.92 Å². The maximum atomic E-state index is 11.3. The van der Waals surface area contributed by atoms with Crippen LogP contribution >= 0.6 is 0 Å². The number of carbonyl (C=O) groups is 1. The van der Waals surface area contributed by atoms with Crippen molar-refractivity contribution >= 4 is 16.8 Å². The number of benzene rings is 1. The first-order valence-electron chi connectivity index (χ1n) is 6.62. The number of rotatable bonds is 3. The fourth-order valence-electron chi connectivity index (χ4n) is 2.34. The molecule has 0 aliphatic carbocycles. The van der Waals surface area contributed by atoms with Crippen molar-refractivity contribution in [2.75, 3.05) is 0 Å². The Kier molecular flexibility index (Phi) is 3.84. The predicted molar refractivity (Wildman–Crippen MR) is 77.9 cm³/mol. The summed E-state index contributed by atoms with van der Waals surface area (Å²) in [5.74, 6) is 0.281. The summed E-state index contributed by atoms with van der Waals surface area (Å²) in [5.41, 5.74) is 3.10. The van der Waals surface area contributed by atoms with Crippen LogP contribution in [0.15, 0.2) is 30.3 Å². The number of pyridine rings is 1. The van der Waals surface area contributed by atoms with Crippen LogP contribution in [-0.2, 0) is 4.79 Å². The molecule has 1 heterocycles. The molecule has 0 aliphatic rings. The minimum absolute atomic E-state index is 0.0219. The molecule has 0 saturated heterocycles. The van der Waals surface area contributed by atoms with Gasteiger partial charge in [0.15, 0.2) is 0 Å². The van der Waals surface area contributed by atoms with Crippen molar-refractivity contribution in [3.05, 3.63) is 41.6 Å². The smallest absolute Gasteiger partial charge is 0.217 e. The van der Waals surface area contributed by atoms with Gasteiger partial charge in [-0.2, -0.15) is 0 Å². The van der Waals surface area contributed by atoms with E-state index in [4.69, 9.17) is 4.98 Å². The zero-order chi connectivity index (χ0) is 14.0. The average Bonchev–Trinajstić information content (AvgIpc) is 2.35. The molecule has 19 heavy (non-hydrogen) atoms. The largest absolute Gasteiger partial charge is 0.348 e. The van der Waals surface area contributed by atoms with Crippen molar-refractivity contribution in [3.63, 3.8) is 0 Å². The van der Waals surface area contributed by atoms with Crippen LogP contribution in [0.4, 0.5) is 0 Å². The molecule has 0 fully saturated rings. The van der Waals surface area contributed by atoms with Gasteiger partial charge in [-0.3, -0.25) is 9.78 Å². The highest BCUT2D eigenvalue weighted by molar-refractivity contribution is 5.82. The van der Waals surface area contributed by atoms with E-state index in [2.05, 4.69) is 38.2 Å². The molecule has 0 spiro atoms. The number of nitrogens with zero attached hydrogens (tertiary/aromatic N) is 1. The monoisotopic (exact) mass is 256 g/mol. The number of carbonyl (C=O) groups excluding carboxylic acids is 1. The van der Waals surface area contributed by atoms with E-state index in [9.17, 15) is 4.79 Å². The Morgan fingerprint density at radius 3 is 2.58 bits per heavy atom. The Morgan fingerprint density at radius 2 is 1.95 bits per heavy atom. The number of aromatic nitrogens is 1. The lowest BCUT2D eigenvalue weighted by Crippen LogP contribution is -2.30. The van der Waals surface area contributed by atoms with E-state index in [0.29, 0.717) is 5.92 Å². The molecule has 1 N–H and O–H groups in total. The molecule has 2 rings (SSSR count). The van der Waals surface area contributed by atoms with Gasteiger partial charge < -0.3 is 5.32 Å². The average molecular weight is 256 g/mol. The van der Waals surface area contributed by atoms with Crippen LogP contribution in [0, 0.1) is 12.8 Å². The fraction of sp³-hybridized carbons (Fsp3) is 0.375. The summed E-state index contributed by atoms with van der Waals surface area (Å²) in [6.07, 6.45) is 0. The third kappa shape index (κ3) is 2.92. The van der Waals surface area contributed by atoms with Gasteiger partial charge in [0.1, 0.15) is 0 Å². The van der Waals surface area contributed by atoms with Crippen molar-refractivity contribution < 1.29 is 4.79 Å². The van der Waals surface area contributed by atoms with Crippen LogP contribution in [-0.4, -0.2) is 10.9 Å². The number of nitrogens with one attached hydrogen (secondary N) is 1. The van der Waals surface area contributed by atoms with E-state index in [1.807, 2.05) is 18.2 Å². The zero-order valence-electron chi connectivity index (χ0n) is 11.9. The minimum Gasteiger partial charge on any atom is -0.348 e. The molecular weight excluding hydrogens is 236 g/mol. The first-order valence-corrected chi connectivity index (χ1v) is 6.62. The van der Waals surface area contributed by atoms with E-state index in [0.717, 1.165) is 16.6 Å². The number of aryl methyl sites for hydroxylation is 1. The van der Waals surface area contributed by atoms with Gasteiger partial charge in [0.25, 0.3) is 0 Å². The van der Waals surface area contributed by atoms with Gasteiger partial charge in [-0.25, -0.2) is 0 Å². The fourth-order valence-corrected chi connectivity index (χ4v) is 2.34. The lowest BCUT2D eigenvalue weighted by molar-refractivity contribution is -0.120. The van der Waals surface area contributed by atoms with Crippen LogP contribution in [0.1, 0.15) is 38.1 Å². The molecule has 0 aliphatic heterocycles. The molecule has 1 aromatic carbocycles. The van der Waals surface area contributed by atoms with Crippen molar-refractivity contribution in [1.82, 2.24) is 10.3 Å². The molecule has 100 valence electrons. The van der Waals surface area contributed by atoms with Crippen molar-refractivity contribution in [3.8, 4) is 0 Å². The van der Waals surface area contributed by atoms with Crippen molar-refractivity contribution in [2.45, 2.75) is 33.7 Å². The Balaban J connectivity index is 2.51. The Labute approximate surface area is 114 Å². The van der Waals surface area contributed by atoms with Gasteiger partial charge in [0.2, 0.25) is 5.91 Å². The quantitative estimate of drug-likeness (QED) is 0.914. The summed E-state index contributed by atoms with van der Waals surface area (Å²) in [7, 11) is 0. The minimum atomic E-state index is -0.0409. The second-order valence-electron chi connectivity index (χ2n) is 5.30. The molecule has 0 bridgehead atoms. The standard InChI is InChI=1S/C16H20N2O/c1-10(2)16(17-12(4)19)15-9-11(3)13-7-5-6-8-14(13)18-15/h5-10,16H,1-4H3,(H,17,19)/t16-/m0/s1. The summed E-state index contributed by atoms with van der Waals surface area (Å²) in [5, 5.41) is 4.15. The van der Waals surface area contributed by atoms with Crippen molar-refractivity contribution in [2.24, 2.45) is 5.92 Å². The second-order valence-corrected chi connectivity index (χ2v) is 5.30. The summed E-state index contributed by atoms with van der Waals surface area (Å²) in [6, 6.07) is 10.1. The van der Waals surface area contributed by atoms with Gasteiger partial charge >= 0.3 is 0 Å².